The van der Waals surface area contributed by atoms with Crippen molar-refractivity contribution in [3.8, 4) is 0 Å². The van der Waals surface area contributed by atoms with Crippen LogP contribution in [0.15, 0.2) is 23.5 Å². The van der Waals surface area contributed by atoms with Gasteiger partial charge in [0, 0.05) is 11.6 Å². The number of hydrogen-bond acceptors (Lipinski definition) is 2. The standard InChI is InChI=1S/C8H7NO3/c1-2-5-3-4-6(10)9-7(5)8(11)12/h2-4H,1H2,(H,9,10)(H,11,12). The molecule has 0 spiro atoms. The van der Waals surface area contributed by atoms with Crippen molar-refractivity contribution in [3.63, 3.8) is 0 Å². The summed E-state index contributed by atoms with van der Waals surface area (Å²) in [5.41, 5.74) is -0.155. The Kier molecular flexibility index (Phi) is 2.09. The van der Waals surface area contributed by atoms with Gasteiger partial charge < -0.3 is 10.1 Å². The minimum atomic E-state index is -1.16. The number of aromatic amines is 1. The summed E-state index contributed by atoms with van der Waals surface area (Å²) in [6, 6.07) is 2.67. The highest BCUT2D eigenvalue weighted by Crippen LogP contribution is 2.03. The number of pyridine rings is 1. The molecule has 0 amide bonds. The quantitative estimate of drug-likeness (QED) is 0.678. The van der Waals surface area contributed by atoms with Gasteiger partial charge in [0.05, 0.1) is 0 Å². The highest BCUT2D eigenvalue weighted by atomic mass is 16.4. The molecule has 0 unspecified atom stereocenters. The van der Waals surface area contributed by atoms with Crippen molar-refractivity contribution in [2.75, 3.05) is 0 Å². The molecule has 1 aromatic rings. The van der Waals surface area contributed by atoms with Crippen LogP contribution in [-0.2, 0) is 0 Å². The van der Waals surface area contributed by atoms with Gasteiger partial charge in [-0.25, -0.2) is 4.79 Å². The lowest BCUT2D eigenvalue weighted by molar-refractivity contribution is 0.0690. The van der Waals surface area contributed by atoms with E-state index in [1.807, 2.05) is 0 Å². The summed E-state index contributed by atoms with van der Waals surface area (Å²) in [4.78, 5) is 23.4. The van der Waals surface area contributed by atoms with Crippen molar-refractivity contribution >= 4 is 12.0 Å². The Balaban J connectivity index is 3.41. The Hall–Kier alpha value is -1.84. The number of aromatic carboxylic acids is 1. The second-order valence-corrected chi connectivity index (χ2v) is 2.16. The van der Waals surface area contributed by atoms with Gasteiger partial charge in [-0.3, -0.25) is 4.79 Å². The van der Waals surface area contributed by atoms with E-state index in [9.17, 15) is 9.59 Å². The van der Waals surface area contributed by atoms with E-state index in [1.54, 1.807) is 0 Å². The van der Waals surface area contributed by atoms with Crippen LogP contribution < -0.4 is 5.56 Å². The van der Waals surface area contributed by atoms with Gasteiger partial charge >= 0.3 is 5.97 Å². The lowest BCUT2D eigenvalue weighted by Crippen LogP contribution is -2.12. The topological polar surface area (TPSA) is 70.2 Å². The fourth-order valence-corrected chi connectivity index (χ4v) is 0.833. The third kappa shape index (κ3) is 1.42. The van der Waals surface area contributed by atoms with Gasteiger partial charge in [0.1, 0.15) is 5.69 Å². The van der Waals surface area contributed by atoms with E-state index in [1.165, 1.54) is 18.2 Å². The van der Waals surface area contributed by atoms with Crippen LogP contribution in [0, 0.1) is 0 Å². The molecule has 0 saturated carbocycles. The maximum absolute atomic E-state index is 10.7. The van der Waals surface area contributed by atoms with Crippen molar-refractivity contribution in [2.45, 2.75) is 0 Å². The predicted octanol–water partition coefficient (Wildman–Crippen LogP) is 0.716. The first-order valence-electron chi connectivity index (χ1n) is 3.24. The molecule has 0 aliphatic heterocycles. The number of carboxylic acids is 1. The molecule has 0 fully saturated rings. The van der Waals surface area contributed by atoms with Crippen molar-refractivity contribution in [3.05, 3.63) is 40.3 Å². The first kappa shape index (κ1) is 8.26. The summed E-state index contributed by atoms with van der Waals surface area (Å²) < 4.78 is 0. The number of H-pyrrole nitrogens is 1. The average molecular weight is 165 g/mol. The fourth-order valence-electron chi connectivity index (χ4n) is 0.833. The second-order valence-electron chi connectivity index (χ2n) is 2.16. The molecule has 0 aliphatic carbocycles. The van der Waals surface area contributed by atoms with E-state index in [2.05, 4.69) is 11.6 Å². The molecule has 12 heavy (non-hydrogen) atoms. The van der Waals surface area contributed by atoms with Gasteiger partial charge in [-0.1, -0.05) is 12.7 Å². The van der Waals surface area contributed by atoms with Crippen molar-refractivity contribution in [2.24, 2.45) is 0 Å². The molecule has 0 bridgehead atoms. The normalized spacial score (nSPS) is 9.33. The fraction of sp³-hybridized carbons (Fsp3) is 0. The molecule has 0 atom stereocenters. The number of carbonyl (C=O) groups is 1. The number of hydrogen-bond donors (Lipinski definition) is 2. The Morgan fingerprint density at radius 3 is 2.75 bits per heavy atom. The number of rotatable bonds is 2. The molecule has 2 N–H and O–H groups in total. The molecule has 4 nitrogen and oxygen atoms in total. The van der Waals surface area contributed by atoms with Gasteiger partial charge in [0.25, 0.3) is 0 Å². The minimum Gasteiger partial charge on any atom is -0.477 e. The summed E-state index contributed by atoms with van der Waals surface area (Å²) >= 11 is 0. The molecule has 4 heteroatoms. The first-order valence-corrected chi connectivity index (χ1v) is 3.24. The zero-order chi connectivity index (χ0) is 9.14. The monoisotopic (exact) mass is 165 g/mol. The van der Waals surface area contributed by atoms with Crippen LogP contribution in [0.25, 0.3) is 6.08 Å². The highest BCUT2D eigenvalue weighted by molar-refractivity contribution is 5.89. The molecular formula is C8H7NO3. The molecule has 62 valence electrons. The Morgan fingerprint density at radius 2 is 2.25 bits per heavy atom. The van der Waals surface area contributed by atoms with Gasteiger partial charge in [0.15, 0.2) is 0 Å². The second kappa shape index (κ2) is 3.04. The molecule has 1 rings (SSSR count). The van der Waals surface area contributed by atoms with E-state index < -0.39 is 11.5 Å². The summed E-state index contributed by atoms with van der Waals surface area (Å²) in [6.07, 6.45) is 1.37. The smallest absolute Gasteiger partial charge is 0.353 e. The van der Waals surface area contributed by atoms with Crippen LogP contribution in [0.2, 0.25) is 0 Å². The van der Waals surface area contributed by atoms with Gasteiger partial charge in [-0.05, 0) is 6.07 Å². The molecule has 1 aromatic heterocycles. The van der Waals surface area contributed by atoms with Crippen LogP contribution in [0.4, 0.5) is 0 Å². The number of aromatic nitrogens is 1. The largest absolute Gasteiger partial charge is 0.477 e. The van der Waals surface area contributed by atoms with E-state index in [0.717, 1.165) is 0 Å². The summed E-state index contributed by atoms with van der Waals surface area (Å²) in [5.74, 6) is -1.16. The summed E-state index contributed by atoms with van der Waals surface area (Å²) in [5, 5.41) is 8.60. The van der Waals surface area contributed by atoms with Crippen molar-refractivity contribution < 1.29 is 9.90 Å². The number of carboxylic acid groups (broad SMARTS) is 1. The van der Waals surface area contributed by atoms with E-state index >= 15 is 0 Å². The van der Waals surface area contributed by atoms with Crippen molar-refractivity contribution in [1.82, 2.24) is 4.98 Å². The van der Waals surface area contributed by atoms with Crippen LogP contribution in [-0.4, -0.2) is 16.1 Å². The molecular weight excluding hydrogens is 158 g/mol. The Bertz CT molecular complexity index is 378. The molecule has 1 heterocycles. The molecule has 0 saturated heterocycles. The van der Waals surface area contributed by atoms with Crippen LogP contribution in [0.3, 0.4) is 0 Å². The Labute approximate surface area is 68.2 Å². The van der Waals surface area contributed by atoms with E-state index in [-0.39, 0.29) is 5.69 Å². The van der Waals surface area contributed by atoms with E-state index in [4.69, 9.17) is 5.11 Å². The molecule has 0 radical (unpaired) electrons. The summed E-state index contributed by atoms with van der Waals surface area (Å²) in [6.45, 7) is 3.42. The van der Waals surface area contributed by atoms with Crippen LogP contribution in [0.1, 0.15) is 16.1 Å². The zero-order valence-corrected chi connectivity index (χ0v) is 6.20. The molecule has 0 aliphatic rings. The predicted molar refractivity (Wildman–Crippen MR) is 44.1 cm³/mol. The van der Waals surface area contributed by atoms with Crippen LogP contribution in [0.5, 0.6) is 0 Å². The third-order valence-corrected chi connectivity index (χ3v) is 1.38. The SMILES string of the molecule is C=Cc1ccc(=O)[nH]c1C(=O)O. The minimum absolute atomic E-state index is 0.127. The van der Waals surface area contributed by atoms with Gasteiger partial charge in [-0.2, -0.15) is 0 Å². The first-order chi connectivity index (χ1) is 5.65. The van der Waals surface area contributed by atoms with Crippen molar-refractivity contribution in [1.29, 1.82) is 0 Å². The maximum Gasteiger partial charge on any atom is 0.353 e. The van der Waals surface area contributed by atoms with Crippen LogP contribution >= 0.6 is 0 Å². The Morgan fingerprint density at radius 1 is 1.58 bits per heavy atom. The highest BCUT2D eigenvalue weighted by Gasteiger charge is 2.07. The zero-order valence-electron chi connectivity index (χ0n) is 6.20. The number of nitrogens with one attached hydrogen (secondary N) is 1. The lowest BCUT2D eigenvalue weighted by atomic mass is 10.2. The summed E-state index contributed by atoms with van der Waals surface area (Å²) in [7, 11) is 0. The maximum atomic E-state index is 10.7. The lowest BCUT2D eigenvalue weighted by Gasteiger charge is -1.97. The molecule has 0 aromatic carbocycles. The third-order valence-electron chi connectivity index (χ3n) is 1.38. The van der Waals surface area contributed by atoms with Gasteiger partial charge in [0.2, 0.25) is 5.56 Å². The average Bonchev–Trinajstić information content (AvgIpc) is 2.04. The van der Waals surface area contributed by atoms with Gasteiger partial charge in [-0.15, -0.1) is 0 Å². The van der Waals surface area contributed by atoms with E-state index in [0.29, 0.717) is 5.56 Å².